The van der Waals surface area contributed by atoms with Crippen LogP contribution in [0.15, 0.2) is 40.9 Å². The lowest BCUT2D eigenvalue weighted by Gasteiger charge is -2.41. The van der Waals surface area contributed by atoms with Crippen LogP contribution in [0.5, 0.6) is 5.88 Å². The van der Waals surface area contributed by atoms with E-state index >= 15 is 4.39 Å². The number of aliphatic carboxylic acids is 1. The monoisotopic (exact) mass is 618 g/mol. The Balaban J connectivity index is 1.36. The topological polar surface area (TPSA) is 148 Å². The van der Waals surface area contributed by atoms with Crippen LogP contribution >= 0.6 is 11.6 Å². The SMILES string of the molecule is C[C@H]1CN(C(N)=O)CC[C@]1(F)c1cc(Cl)cnc1O[C@H]1C[C@@H](C(=O)O)N(c2nc(C(F)F)nc3c2oc2ccccc23)C1. The number of ether oxygens (including phenoxy) is 1. The van der Waals surface area contributed by atoms with Gasteiger partial charge in [-0.3, -0.25) is 0 Å². The van der Waals surface area contributed by atoms with Crippen LogP contribution in [0.4, 0.5) is 23.8 Å². The molecule has 5 heterocycles. The first-order chi connectivity index (χ1) is 20.5. The molecule has 4 atom stereocenters. The lowest BCUT2D eigenvalue weighted by Crippen LogP contribution is -2.50. The summed E-state index contributed by atoms with van der Waals surface area (Å²) < 4.78 is 56.4. The molecule has 0 radical (unpaired) electrons. The first kappa shape index (κ1) is 28.8. The average molecular weight is 619 g/mol. The Morgan fingerprint density at radius 3 is 2.72 bits per heavy atom. The van der Waals surface area contributed by atoms with E-state index in [0.29, 0.717) is 11.0 Å². The van der Waals surface area contributed by atoms with Gasteiger partial charge in [-0.2, -0.15) is 0 Å². The molecule has 0 aliphatic carbocycles. The highest BCUT2D eigenvalue weighted by Gasteiger charge is 2.47. The molecule has 226 valence electrons. The zero-order chi connectivity index (χ0) is 30.6. The molecular formula is C28H26ClF3N6O5. The van der Waals surface area contributed by atoms with Gasteiger partial charge in [-0.05, 0) is 18.2 Å². The molecule has 4 aromatic rings. The molecular weight excluding hydrogens is 593 g/mol. The Morgan fingerprint density at radius 2 is 2.02 bits per heavy atom. The van der Waals surface area contributed by atoms with Crippen LogP contribution < -0.4 is 15.4 Å². The van der Waals surface area contributed by atoms with Crippen molar-refractivity contribution in [3.05, 3.63) is 52.9 Å². The molecule has 2 amide bonds. The summed E-state index contributed by atoms with van der Waals surface area (Å²) >= 11 is 6.20. The van der Waals surface area contributed by atoms with Gasteiger partial charge in [0.25, 0.3) is 6.43 Å². The third-order valence-corrected chi connectivity index (χ3v) is 8.32. The highest BCUT2D eigenvalue weighted by atomic mass is 35.5. The third-order valence-electron chi connectivity index (χ3n) is 8.11. The minimum absolute atomic E-state index is 0.0561. The molecule has 6 rings (SSSR count). The van der Waals surface area contributed by atoms with Crippen LogP contribution in [0.25, 0.3) is 22.1 Å². The van der Waals surface area contributed by atoms with Gasteiger partial charge in [0, 0.05) is 43.4 Å². The molecule has 11 nitrogen and oxygen atoms in total. The highest BCUT2D eigenvalue weighted by molar-refractivity contribution is 6.30. The van der Waals surface area contributed by atoms with Gasteiger partial charge >= 0.3 is 12.0 Å². The number of nitrogens with zero attached hydrogens (tertiary/aromatic N) is 5. The molecule has 3 aromatic heterocycles. The second kappa shape index (κ2) is 10.7. The summed E-state index contributed by atoms with van der Waals surface area (Å²) in [5, 5.41) is 10.7. The standard InChI is InChI=1S/C28H26ClF3N6O5/c1-13-11-37(27(33)41)7-6-28(13,32)17-8-14(29)10-34-25(17)42-15-9-18(26(39)40)38(12-15)24-21-20(35-23(36-24)22(30)31)16-4-2-3-5-19(16)43-21/h2-5,8,10,13,15,18,22H,6-7,9,11-12H2,1H3,(H2,33,41)(H,39,40)/t13-,15-,18-,28+/m0/s1. The van der Waals surface area contributed by atoms with E-state index in [4.69, 9.17) is 26.5 Å². The van der Waals surface area contributed by atoms with Gasteiger partial charge < -0.3 is 29.8 Å². The summed E-state index contributed by atoms with van der Waals surface area (Å²) in [6.45, 7) is 1.64. The number of piperidine rings is 1. The predicted molar refractivity (Wildman–Crippen MR) is 149 cm³/mol. The van der Waals surface area contributed by atoms with E-state index in [2.05, 4.69) is 15.0 Å². The Kier molecular flexibility index (Phi) is 7.19. The molecule has 0 unspecified atom stereocenters. The van der Waals surface area contributed by atoms with E-state index in [1.54, 1.807) is 31.2 Å². The molecule has 0 saturated carbocycles. The van der Waals surface area contributed by atoms with E-state index in [1.165, 1.54) is 22.1 Å². The van der Waals surface area contributed by atoms with E-state index in [0.717, 1.165) is 0 Å². The number of fused-ring (bicyclic) bond motifs is 3. The van der Waals surface area contributed by atoms with Crippen molar-refractivity contribution in [3.8, 4) is 5.88 Å². The Morgan fingerprint density at radius 1 is 1.26 bits per heavy atom. The molecule has 2 aliphatic rings. The summed E-state index contributed by atoms with van der Waals surface area (Å²) in [4.78, 5) is 39.0. The third kappa shape index (κ3) is 5.02. The van der Waals surface area contributed by atoms with Gasteiger partial charge in [-0.25, -0.2) is 37.7 Å². The highest BCUT2D eigenvalue weighted by Crippen LogP contribution is 2.46. The zero-order valence-corrected chi connectivity index (χ0v) is 23.5. The maximum absolute atomic E-state index is 16.6. The van der Waals surface area contributed by atoms with E-state index < -0.39 is 48.0 Å². The lowest BCUT2D eigenvalue weighted by atomic mass is 9.79. The van der Waals surface area contributed by atoms with Crippen molar-refractivity contribution >= 4 is 51.5 Å². The summed E-state index contributed by atoms with van der Waals surface area (Å²) in [5.41, 5.74) is 4.03. The normalized spacial score (nSPS) is 24.3. The van der Waals surface area contributed by atoms with Crippen molar-refractivity contribution in [2.45, 2.75) is 44.0 Å². The van der Waals surface area contributed by atoms with Gasteiger partial charge in [0.15, 0.2) is 17.2 Å². The fourth-order valence-corrected chi connectivity index (χ4v) is 6.08. The minimum Gasteiger partial charge on any atom is -0.480 e. The molecule has 43 heavy (non-hydrogen) atoms. The van der Waals surface area contributed by atoms with Gasteiger partial charge in [-0.15, -0.1) is 0 Å². The van der Waals surface area contributed by atoms with Crippen LogP contribution in [-0.2, 0) is 10.5 Å². The van der Waals surface area contributed by atoms with Crippen molar-refractivity contribution < 1.29 is 37.0 Å². The number of hydrogen-bond acceptors (Lipinski definition) is 8. The fourth-order valence-electron chi connectivity index (χ4n) is 5.92. The fraction of sp³-hybridized carbons (Fsp3) is 0.393. The van der Waals surface area contributed by atoms with E-state index in [1.807, 2.05) is 0 Å². The molecule has 2 fully saturated rings. The number of furan rings is 1. The van der Waals surface area contributed by atoms with Crippen LogP contribution in [0.2, 0.25) is 5.02 Å². The number of halogens is 4. The smallest absolute Gasteiger partial charge is 0.326 e. The van der Waals surface area contributed by atoms with Crippen molar-refractivity contribution in [1.29, 1.82) is 0 Å². The molecule has 15 heteroatoms. The molecule has 3 N–H and O–H groups in total. The van der Waals surface area contributed by atoms with Crippen LogP contribution in [0, 0.1) is 5.92 Å². The zero-order valence-electron chi connectivity index (χ0n) is 22.7. The number of para-hydroxylation sites is 1. The first-order valence-corrected chi connectivity index (χ1v) is 13.9. The van der Waals surface area contributed by atoms with Gasteiger partial charge in [-0.1, -0.05) is 30.7 Å². The minimum atomic E-state index is -3.03. The molecule has 0 spiro atoms. The molecule has 0 bridgehead atoms. The van der Waals surface area contributed by atoms with Crippen molar-refractivity contribution in [2.24, 2.45) is 11.7 Å². The summed E-state index contributed by atoms with van der Waals surface area (Å²) in [7, 11) is 0. The van der Waals surface area contributed by atoms with Crippen LogP contribution in [0.3, 0.4) is 0 Å². The Hall–Kier alpha value is -4.33. The second-order valence-electron chi connectivity index (χ2n) is 10.8. The summed E-state index contributed by atoms with van der Waals surface area (Å²) in [5.74, 6) is -2.93. The predicted octanol–water partition coefficient (Wildman–Crippen LogP) is 5.06. The van der Waals surface area contributed by atoms with Gasteiger partial charge in [0.05, 0.1) is 17.1 Å². The number of pyridine rings is 1. The number of alkyl halides is 3. The molecule has 1 aromatic carbocycles. The van der Waals surface area contributed by atoms with Crippen molar-refractivity contribution in [3.63, 3.8) is 0 Å². The number of carbonyl (C=O) groups excluding carboxylic acids is 1. The van der Waals surface area contributed by atoms with E-state index in [-0.39, 0.29) is 65.9 Å². The van der Waals surface area contributed by atoms with Gasteiger partial charge in [0.2, 0.25) is 5.88 Å². The molecule has 2 aliphatic heterocycles. The van der Waals surface area contributed by atoms with Crippen LogP contribution in [-0.4, -0.2) is 68.7 Å². The maximum Gasteiger partial charge on any atom is 0.326 e. The summed E-state index contributed by atoms with van der Waals surface area (Å²) in [6, 6.07) is 6.22. The average Bonchev–Trinajstić information content (AvgIpc) is 3.56. The summed E-state index contributed by atoms with van der Waals surface area (Å²) in [6.07, 6.45) is -2.79. The first-order valence-electron chi connectivity index (χ1n) is 13.5. The van der Waals surface area contributed by atoms with Crippen molar-refractivity contribution in [1.82, 2.24) is 19.9 Å². The number of rotatable bonds is 6. The second-order valence-corrected chi connectivity index (χ2v) is 11.2. The number of urea groups is 1. The quantitative estimate of drug-likeness (QED) is 0.302. The number of primary amides is 1. The number of carboxylic acids is 1. The number of benzene rings is 1. The number of anilines is 1. The number of nitrogens with two attached hydrogens (primary N) is 1. The van der Waals surface area contributed by atoms with Gasteiger partial charge in [0.1, 0.15) is 28.9 Å². The Labute approximate surface area is 247 Å². The van der Waals surface area contributed by atoms with Crippen LogP contribution in [0.1, 0.15) is 37.6 Å². The largest absolute Gasteiger partial charge is 0.480 e. The number of aromatic nitrogens is 3. The molecule has 2 saturated heterocycles. The van der Waals surface area contributed by atoms with E-state index in [9.17, 15) is 23.5 Å². The van der Waals surface area contributed by atoms with Crippen molar-refractivity contribution in [2.75, 3.05) is 24.5 Å². The number of carbonyl (C=O) groups is 2. The maximum atomic E-state index is 16.6. The lowest BCUT2D eigenvalue weighted by molar-refractivity contribution is -0.138. The number of amides is 2. The number of hydrogen-bond donors (Lipinski definition) is 2. The Bertz CT molecular complexity index is 1740. The number of carboxylic acid groups (broad SMARTS) is 1. The number of likely N-dealkylation sites (tertiary alicyclic amines) is 1.